The van der Waals surface area contributed by atoms with Gasteiger partial charge in [0.2, 0.25) is 0 Å². The smallest absolute Gasteiger partial charge is 0.315 e. The lowest BCUT2D eigenvalue weighted by Gasteiger charge is -2.22. The number of nitrogens with zero attached hydrogens (tertiary/aromatic N) is 1. The van der Waals surface area contributed by atoms with Crippen LogP contribution in [0.3, 0.4) is 0 Å². The van der Waals surface area contributed by atoms with Crippen LogP contribution in [0.25, 0.3) is 0 Å². The summed E-state index contributed by atoms with van der Waals surface area (Å²) >= 11 is 0. The molecule has 2 aliphatic heterocycles. The van der Waals surface area contributed by atoms with Gasteiger partial charge < -0.3 is 10.6 Å². The molecule has 17 heavy (non-hydrogen) atoms. The van der Waals surface area contributed by atoms with Crippen LogP contribution in [0.2, 0.25) is 0 Å². The predicted octanol–water partition coefficient (Wildman–Crippen LogP) is 1.46. The summed E-state index contributed by atoms with van der Waals surface area (Å²) in [5.74, 6) is 0. The Kier molecular flexibility index (Phi) is 3.23. The van der Waals surface area contributed by atoms with E-state index in [1.54, 1.807) is 0 Å². The zero-order valence-electron chi connectivity index (χ0n) is 10.5. The maximum Gasteiger partial charge on any atom is 0.315 e. The molecule has 3 rings (SSSR count). The minimum Gasteiger partial charge on any atom is -0.335 e. The first-order chi connectivity index (χ1) is 8.33. The number of hydrogen-bond donors (Lipinski definition) is 2. The van der Waals surface area contributed by atoms with Crippen molar-refractivity contribution in [2.75, 3.05) is 13.1 Å². The van der Waals surface area contributed by atoms with E-state index in [-0.39, 0.29) is 6.03 Å². The summed E-state index contributed by atoms with van der Waals surface area (Å²) in [4.78, 5) is 14.4. The van der Waals surface area contributed by atoms with E-state index in [2.05, 4.69) is 15.5 Å². The summed E-state index contributed by atoms with van der Waals surface area (Å²) in [5, 5.41) is 6.30. The summed E-state index contributed by atoms with van der Waals surface area (Å²) in [6.45, 7) is 2.39. The molecule has 3 fully saturated rings. The van der Waals surface area contributed by atoms with Crippen molar-refractivity contribution in [3.63, 3.8) is 0 Å². The SMILES string of the molecule is O=C(NC1CCCC1)NC1CCN2CCCC12. The van der Waals surface area contributed by atoms with Crippen molar-refractivity contribution in [2.45, 2.75) is 63.1 Å². The second kappa shape index (κ2) is 4.84. The number of carbonyl (C=O) groups excluding carboxylic acids is 1. The van der Waals surface area contributed by atoms with Crippen LogP contribution in [0.15, 0.2) is 0 Å². The van der Waals surface area contributed by atoms with Gasteiger partial charge in [0.15, 0.2) is 0 Å². The molecular formula is C13H23N3O. The number of nitrogens with one attached hydrogen (secondary N) is 2. The molecule has 2 unspecified atom stereocenters. The molecule has 0 bridgehead atoms. The molecule has 2 atom stereocenters. The van der Waals surface area contributed by atoms with Crippen molar-refractivity contribution >= 4 is 6.03 Å². The van der Waals surface area contributed by atoms with Gasteiger partial charge in [0.1, 0.15) is 0 Å². The molecule has 1 aliphatic carbocycles. The van der Waals surface area contributed by atoms with Crippen LogP contribution in [0, 0.1) is 0 Å². The van der Waals surface area contributed by atoms with Crippen LogP contribution >= 0.6 is 0 Å². The van der Waals surface area contributed by atoms with Crippen molar-refractivity contribution in [3.8, 4) is 0 Å². The van der Waals surface area contributed by atoms with Crippen molar-refractivity contribution < 1.29 is 4.79 Å². The average Bonchev–Trinajstić information content (AvgIpc) is 2.97. The van der Waals surface area contributed by atoms with E-state index < -0.39 is 0 Å². The van der Waals surface area contributed by atoms with Gasteiger partial charge in [-0.25, -0.2) is 4.79 Å². The second-order valence-electron chi connectivity index (χ2n) is 5.74. The Morgan fingerprint density at radius 1 is 0.941 bits per heavy atom. The molecule has 0 aromatic rings. The Bertz CT molecular complexity index is 288. The average molecular weight is 237 g/mol. The zero-order valence-corrected chi connectivity index (χ0v) is 10.5. The van der Waals surface area contributed by atoms with E-state index in [1.807, 2.05) is 0 Å². The van der Waals surface area contributed by atoms with Crippen LogP contribution < -0.4 is 10.6 Å². The molecule has 96 valence electrons. The number of rotatable bonds is 2. The van der Waals surface area contributed by atoms with E-state index in [0.29, 0.717) is 18.1 Å². The van der Waals surface area contributed by atoms with E-state index in [1.165, 1.54) is 38.8 Å². The Morgan fingerprint density at radius 3 is 2.59 bits per heavy atom. The molecule has 0 aromatic heterocycles. The molecule has 2 N–H and O–H groups in total. The molecule has 3 aliphatic rings. The van der Waals surface area contributed by atoms with Gasteiger partial charge >= 0.3 is 6.03 Å². The third-order valence-corrected chi connectivity index (χ3v) is 4.61. The van der Waals surface area contributed by atoms with Crippen molar-refractivity contribution in [3.05, 3.63) is 0 Å². The summed E-state index contributed by atoms with van der Waals surface area (Å²) in [7, 11) is 0. The molecule has 0 spiro atoms. The highest BCUT2D eigenvalue weighted by molar-refractivity contribution is 5.74. The van der Waals surface area contributed by atoms with Crippen LogP contribution in [0.1, 0.15) is 44.9 Å². The summed E-state index contributed by atoms with van der Waals surface area (Å²) < 4.78 is 0. The quantitative estimate of drug-likeness (QED) is 0.764. The van der Waals surface area contributed by atoms with Crippen LogP contribution in [-0.4, -0.2) is 42.1 Å². The third kappa shape index (κ3) is 2.41. The van der Waals surface area contributed by atoms with Crippen molar-refractivity contribution in [1.82, 2.24) is 15.5 Å². The summed E-state index contributed by atoms with van der Waals surface area (Å²) in [6, 6.07) is 1.50. The minimum absolute atomic E-state index is 0.0654. The van der Waals surface area contributed by atoms with Crippen molar-refractivity contribution in [1.29, 1.82) is 0 Å². The van der Waals surface area contributed by atoms with Gasteiger partial charge in [-0.05, 0) is 38.6 Å². The fraction of sp³-hybridized carbons (Fsp3) is 0.923. The predicted molar refractivity (Wildman–Crippen MR) is 66.9 cm³/mol. The topological polar surface area (TPSA) is 44.4 Å². The molecule has 4 nitrogen and oxygen atoms in total. The van der Waals surface area contributed by atoms with Gasteiger partial charge in [-0.15, -0.1) is 0 Å². The minimum atomic E-state index is 0.0654. The summed E-state index contributed by atoms with van der Waals surface area (Å²) in [5.41, 5.74) is 0. The van der Waals surface area contributed by atoms with Gasteiger partial charge in [0, 0.05) is 24.7 Å². The van der Waals surface area contributed by atoms with E-state index in [0.717, 1.165) is 19.3 Å². The van der Waals surface area contributed by atoms with Gasteiger partial charge in [-0.2, -0.15) is 0 Å². The summed E-state index contributed by atoms with van der Waals surface area (Å²) in [6.07, 6.45) is 8.54. The molecule has 2 amide bonds. The van der Waals surface area contributed by atoms with E-state index in [4.69, 9.17) is 0 Å². The maximum atomic E-state index is 11.9. The fourth-order valence-corrected chi connectivity index (χ4v) is 3.72. The highest BCUT2D eigenvalue weighted by Gasteiger charge is 2.37. The molecule has 4 heteroatoms. The highest BCUT2D eigenvalue weighted by Crippen LogP contribution is 2.27. The van der Waals surface area contributed by atoms with Gasteiger partial charge in [-0.1, -0.05) is 12.8 Å². The molecule has 2 heterocycles. The van der Waals surface area contributed by atoms with Crippen LogP contribution in [0.5, 0.6) is 0 Å². The largest absolute Gasteiger partial charge is 0.335 e. The second-order valence-corrected chi connectivity index (χ2v) is 5.74. The number of amides is 2. The molecule has 1 saturated carbocycles. The number of fused-ring (bicyclic) bond motifs is 1. The van der Waals surface area contributed by atoms with Crippen LogP contribution in [-0.2, 0) is 0 Å². The molecule has 2 saturated heterocycles. The first-order valence-electron chi connectivity index (χ1n) is 7.14. The standard InChI is InChI=1S/C13H23N3O/c17-13(14-10-4-1-2-5-10)15-11-7-9-16-8-3-6-12(11)16/h10-12H,1-9H2,(H2,14,15,17). The Labute approximate surface area is 103 Å². The lowest BCUT2D eigenvalue weighted by molar-refractivity contribution is 0.228. The first kappa shape index (κ1) is 11.3. The lowest BCUT2D eigenvalue weighted by Crippen LogP contribution is -2.49. The monoisotopic (exact) mass is 237 g/mol. The number of urea groups is 1. The third-order valence-electron chi connectivity index (χ3n) is 4.61. The molecule has 0 aromatic carbocycles. The Morgan fingerprint density at radius 2 is 1.76 bits per heavy atom. The highest BCUT2D eigenvalue weighted by atomic mass is 16.2. The van der Waals surface area contributed by atoms with Crippen molar-refractivity contribution in [2.24, 2.45) is 0 Å². The van der Waals surface area contributed by atoms with Gasteiger partial charge in [-0.3, -0.25) is 4.90 Å². The first-order valence-corrected chi connectivity index (χ1v) is 7.14. The van der Waals surface area contributed by atoms with Gasteiger partial charge in [0.05, 0.1) is 0 Å². The molecular weight excluding hydrogens is 214 g/mol. The molecule has 0 radical (unpaired) electrons. The zero-order chi connectivity index (χ0) is 11.7. The van der Waals surface area contributed by atoms with E-state index >= 15 is 0 Å². The fourth-order valence-electron chi connectivity index (χ4n) is 3.72. The van der Waals surface area contributed by atoms with Gasteiger partial charge in [0.25, 0.3) is 0 Å². The van der Waals surface area contributed by atoms with E-state index in [9.17, 15) is 4.79 Å². The Hall–Kier alpha value is -0.770. The van der Waals surface area contributed by atoms with Crippen LogP contribution in [0.4, 0.5) is 4.79 Å². The maximum absolute atomic E-state index is 11.9. The Balaban J connectivity index is 1.47. The number of carbonyl (C=O) groups is 1. The number of hydrogen-bond acceptors (Lipinski definition) is 2. The lowest BCUT2D eigenvalue weighted by atomic mass is 10.1. The normalized spacial score (nSPS) is 33.9.